The summed E-state index contributed by atoms with van der Waals surface area (Å²) in [6.45, 7) is 3.28. The van der Waals surface area contributed by atoms with Gasteiger partial charge in [0.2, 0.25) is 5.91 Å². The van der Waals surface area contributed by atoms with E-state index in [0.29, 0.717) is 11.9 Å². The molecule has 1 aliphatic heterocycles. The summed E-state index contributed by atoms with van der Waals surface area (Å²) in [6.07, 6.45) is 12.5. The molecular formula is C16H26N2O. The highest BCUT2D eigenvalue weighted by molar-refractivity contribution is 5.79. The second kappa shape index (κ2) is 6.08. The van der Waals surface area contributed by atoms with Crippen LogP contribution in [0.15, 0.2) is 12.2 Å². The molecule has 0 spiro atoms. The number of nitrogens with zero attached hydrogens (tertiary/aromatic N) is 1. The van der Waals surface area contributed by atoms with Crippen LogP contribution in [-0.2, 0) is 4.79 Å². The van der Waals surface area contributed by atoms with Crippen molar-refractivity contribution in [2.75, 3.05) is 19.6 Å². The summed E-state index contributed by atoms with van der Waals surface area (Å²) in [5.74, 6) is 1.45. The summed E-state index contributed by atoms with van der Waals surface area (Å²) < 4.78 is 0. The minimum atomic E-state index is 0.271. The van der Waals surface area contributed by atoms with Gasteiger partial charge in [0.25, 0.3) is 0 Å². The summed E-state index contributed by atoms with van der Waals surface area (Å²) in [5, 5.41) is 3.41. The van der Waals surface area contributed by atoms with Crippen LogP contribution < -0.4 is 5.32 Å². The summed E-state index contributed by atoms with van der Waals surface area (Å²) in [5.41, 5.74) is 0. The van der Waals surface area contributed by atoms with E-state index in [-0.39, 0.29) is 5.92 Å². The fraction of sp³-hybridized carbons (Fsp3) is 0.812. The van der Waals surface area contributed by atoms with E-state index in [1.165, 1.54) is 25.7 Å². The number of rotatable bonds is 4. The van der Waals surface area contributed by atoms with Crippen molar-refractivity contribution in [2.45, 2.75) is 51.0 Å². The van der Waals surface area contributed by atoms with Crippen molar-refractivity contribution in [3.8, 4) is 0 Å². The van der Waals surface area contributed by atoms with Crippen molar-refractivity contribution >= 4 is 5.91 Å². The van der Waals surface area contributed by atoms with Crippen LogP contribution in [0.5, 0.6) is 0 Å². The molecule has 1 heterocycles. The molecule has 0 aromatic heterocycles. The average Bonchev–Trinajstić information content (AvgIpc) is 3.31. The number of allylic oxidation sites excluding steroid dienone is 2. The minimum Gasteiger partial charge on any atom is -0.339 e. The van der Waals surface area contributed by atoms with Crippen LogP contribution in [0.3, 0.4) is 0 Å². The van der Waals surface area contributed by atoms with Gasteiger partial charge in [-0.2, -0.15) is 0 Å². The van der Waals surface area contributed by atoms with Gasteiger partial charge in [0.15, 0.2) is 0 Å². The van der Waals surface area contributed by atoms with E-state index in [4.69, 9.17) is 0 Å². The number of piperidine rings is 1. The van der Waals surface area contributed by atoms with Gasteiger partial charge >= 0.3 is 0 Å². The smallest absolute Gasteiger partial charge is 0.226 e. The zero-order valence-electron chi connectivity index (χ0n) is 11.8. The molecule has 1 saturated heterocycles. The van der Waals surface area contributed by atoms with Gasteiger partial charge in [-0.1, -0.05) is 12.2 Å². The van der Waals surface area contributed by atoms with Gasteiger partial charge in [-0.25, -0.2) is 0 Å². The molecule has 19 heavy (non-hydrogen) atoms. The molecule has 1 unspecified atom stereocenters. The Balaban J connectivity index is 1.59. The first kappa shape index (κ1) is 13.2. The zero-order valence-corrected chi connectivity index (χ0v) is 11.8. The van der Waals surface area contributed by atoms with E-state index < -0.39 is 0 Å². The highest BCUT2D eigenvalue weighted by Crippen LogP contribution is 2.32. The molecule has 3 heteroatoms. The van der Waals surface area contributed by atoms with Gasteiger partial charge in [0.05, 0.1) is 0 Å². The predicted octanol–water partition coefficient (Wildman–Crippen LogP) is 2.33. The molecule has 106 valence electrons. The molecule has 1 amide bonds. The number of amides is 1. The van der Waals surface area contributed by atoms with E-state index in [2.05, 4.69) is 22.4 Å². The van der Waals surface area contributed by atoms with Gasteiger partial charge < -0.3 is 10.2 Å². The van der Waals surface area contributed by atoms with Crippen molar-refractivity contribution < 1.29 is 4.79 Å². The predicted molar refractivity (Wildman–Crippen MR) is 76.8 cm³/mol. The lowest BCUT2D eigenvalue weighted by Gasteiger charge is -2.33. The second-order valence-corrected chi connectivity index (χ2v) is 6.40. The third-order valence-corrected chi connectivity index (χ3v) is 4.80. The van der Waals surface area contributed by atoms with Crippen LogP contribution in [0.1, 0.15) is 44.9 Å². The van der Waals surface area contributed by atoms with Crippen LogP contribution in [-0.4, -0.2) is 36.5 Å². The Labute approximate surface area is 116 Å². The number of hydrogen-bond donors (Lipinski definition) is 1. The van der Waals surface area contributed by atoms with Crippen molar-refractivity contribution in [3.63, 3.8) is 0 Å². The van der Waals surface area contributed by atoms with E-state index in [0.717, 1.165) is 44.8 Å². The third kappa shape index (κ3) is 3.38. The van der Waals surface area contributed by atoms with E-state index >= 15 is 0 Å². The summed E-state index contributed by atoms with van der Waals surface area (Å²) in [4.78, 5) is 15.0. The molecule has 3 aliphatic rings. The molecular weight excluding hydrogens is 236 g/mol. The first-order valence-electron chi connectivity index (χ1n) is 8.01. The number of carbonyl (C=O) groups excluding carboxylic acids is 1. The number of nitrogens with one attached hydrogen (secondary N) is 1. The Morgan fingerprint density at radius 1 is 1.11 bits per heavy atom. The normalized spacial score (nSPS) is 28.3. The minimum absolute atomic E-state index is 0.271. The molecule has 3 nitrogen and oxygen atoms in total. The summed E-state index contributed by atoms with van der Waals surface area (Å²) >= 11 is 0. The largest absolute Gasteiger partial charge is 0.339 e. The van der Waals surface area contributed by atoms with E-state index in [1.807, 2.05) is 0 Å². The number of hydrogen-bond acceptors (Lipinski definition) is 2. The molecule has 1 atom stereocenters. The van der Waals surface area contributed by atoms with Crippen LogP contribution >= 0.6 is 0 Å². The first-order chi connectivity index (χ1) is 9.34. The SMILES string of the molecule is O=C(C1CC=CCC1)N(CC1CCNCC1)C1CC1. The average molecular weight is 262 g/mol. The monoisotopic (exact) mass is 262 g/mol. The topological polar surface area (TPSA) is 32.3 Å². The summed E-state index contributed by atoms with van der Waals surface area (Å²) in [6, 6.07) is 0.577. The molecule has 2 aliphatic carbocycles. The Hall–Kier alpha value is -0.830. The Kier molecular flexibility index (Phi) is 4.21. The number of carbonyl (C=O) groups is 1. The fourth-order valence-corrected chi connectivity index (χ4v) is 3.40. The maximum atomic E-state index is 12.7. The van der Waals surface area contributed by atoms with Crippen molar-refractivity contribution in [1.29, 1.82) is 0 Å². The first-order valence-corrected chi connectivity index (χ1v) is 8.01. The van der Waals surface area contributed by atoms with Gasteiger partial charge in [-0.05, 0) is 64.0 Å². The van der Waals surface area contributed by atoms with Gasteiger partial charge in [0, 0.05) is 18.5 Å². The molecule has 1 N–H and O–H groups in total. The zero-order chi connectivity index (χ0) is 13.1. The van der Waals surface area contributed by atoms with E-state index in [1.54, 1.807) is 0 Å². The second-order valence-electron chi connectivity index (χ2n) is 6.40. The quantitative estimate of drug-likeness (QED) is 0.789. The Morgan fingerprint density at radius 3 is 2.53 bits per heavy atom. The third-order valence-electron chi connectivity index (χ3n) is 4.80. The Bertz CT molecular complexity index is 343. The molecule has 0 aromatic carbocycles. The molecule has 0 radical (unpaired) electrons. The highest BCUT2D eigenvalue weighted by Gasteiger charge is 2.36. The van der Waals surface area contributed by atoms with Gasteiger partial charge in [-0.15, -0.1) is 0 Å². The lowest BCUT2D eigenvalue weighted by molar-refractivity contribution is -0.137. The van der Waals surface area contributed by atoms with Gasteiger partial charge in [-0.3, -0.25) is 4.79 Å². The fourth-order valence-electron chi connectivity index (χ4n) is 3.40. The van der Waals surface area contributed by atoms with Crippen LogP contribution in [0, 0.1) is 11.8 Å². The molecule has 2 fully saturated rings. The van der Waals surface area contributed by atoms with Gasteiger partial charge in [0.1, 0.15) is 0 Å². The lowest BCUT2D eigenvalue weighted by Crippen LogP contribution is -2.43. The van der Waals surface area contributed by atoms with Crippen LogP contribution in [0.25, 0.3) is 0 Å². The molecule has 3 rings (SSSR count). The van der Waals surface area contributed by atoms with Crippen LogP contribution in [0.4, 0.5) is 0 Å². The summed E-state index contributed by atoms with van der Waals surface area (Å²) in [7, 11) is 0. The molecule has 1 saturated carbocycles. The highest BCUT2D eigenvalue weighted by atomic mass is 16.2. The maximum absolute atomic E-state index is 12.7. The lowest BCUT2D eigenvalue weighted by atomic mass is 9.91. The van der Waals surface area contributed by atoms with Crippen molar-refractivity contribution in [1.82, 2.24) is 10.2 Å². The van der Waals surface area contributed by atoms with Crippen molar-refractivity contribution in [2.24, 2.45) is 11.8 Å². The van der Waals surface area contributed by atoms with Crippen molar-refractivity contribution in [3.05, 3.63) is 12.2 Å². The van der Waals surface area contributed by atoms with E-state index in [9.17, 15) is 4.79 Å². The Morgan fingerprint density at radius 2 is 1.89 bits per heavy atom. The standard InChI is InChI=1S/C16H26N2O/c19-16(14-4-2-1-3-5-14)18(15-6-7-15)12-13-8-10-17-11-9-13/h1-2,13-15,17H,3-12H2. The molecule has 0 bridgehead atoms. The maximum Gasteiger partial charge on any atom is 0.226 e. The van der Waals surface area contributed by atoms with Crippen LogP contribution in [0.2, 0.25) is 0 Å². The molecule has 0 aromatic rings.